The van der Waals surface area contributed by atoms with Gasteiger partial charge in [-0.15, -0.1) is 11.3 Å². The van der Waals surface area contributed by atoms with Crippen LogP contribution < -0.4 is 32.1 Å². The fourth-order valence-corrected chi connectivity index (χ4v) is 5.52. The highest BCUT2D eigenvalue weighted by atomic mass is 32.2. The molecule has 0 radical (unpaired) electrons. The number of sulfonamides is 1. The largest absolute Gasteiger partial charge is 0.480 e. The highest BCUT2D eigenvalue weighted by Crippen LogP contribution is 2.26. The van der Waals surface area contributed by atoms with Gasteiger partial charge in [-0.2, -0.15) is 5.26 Å². The maximum absolute atomic E-state index is 13.1. The molecule has 1 atom stereocenters. The van der Waals surface area contributed by atoms with Crippen molar-refractivity contribution >= 4 is 62.2 Å². The number of anilines is 3. The first-order chi connectivity index (χ1) is 20.0. The lowest BCUT2D eigenvalue weighted by molar-refractivity contribution is -0.139. The van der Waals surface area contributed by atoms with Crippen molar-refractivity contribution in [2.24, 2.45) is 16.5 Å². The van der Waals surface area contributed by atoms with Gasteiger partial charge in [-0.05, 0) is 60.7 Å². The summed E-state index contributed by atoms with van der Waals surface area (Å²) in [7, 11) is -4.18. The minimum absolute atomic E-state index is 0.0273. The standard InChI is InChI=1S/C26H28N8O6S2/c27-14-16-4-1-6-18(12-16)32-22(35)15-31-17-5-2-7-19(13-17)42(39,40)34-20-9-11-41-23(20)24(36)33-21(25(37)38)8-3-10-30-26(28)29/h1-2,4-7,9,11-13,21,31,34H,3,8,10,15H2,(H,32,35)(H,33,36)(H,37,38)(H4,28,29,30)/t21-/m0/s1. The first kappa shape index (κ1) is 31.4. The molecule has 0 saturated heterocycles. The number of nitrogens with two attached hydrogens (primary N) is 2. The zero-order valence-electron chi connectivity index (χ0n) is 22.0. The van der Waals surface area contributed by atoms with Crippen molar-refractivity contribution < 1.29 is 27.9 Å². The fourth-order valence-electron chi connectivity index (χ4n) is 3.58. The number of amides is 2. The van der Waals surface area contributed by atoms with Gasteiger partial charge in [-0.25, -0.2) is 13.2 Å². The van der Waals surface area contributed by atoms with Crippen LogP contribution in [0.5, 0.6) is 0 Å². The first-order valence-electron chi connectivity index (χ1n) is 12.3. The Morgan fingerprint density at radius 1 is 1.07 bits per heavy atom. The molecule has 14 nitrogen and oxygen atoms in total. The van der Waals surface area contributed by atoms with Crippen molar-refractivity contribution in [3.63, 3.8) is 0 Å². The Labute approximate surface area is 245 Å². The molecule has 1 aromatic heterocycles. The van der Waals surface area contributed by atoms with E-state index >= 15 is 0 Å². The second-order valence-electron chi connectivity index (χ2n) is 8.70. The Balaban J connectivity index is 1.64. The number of nitriles is 1. The highest BCUT2D eigenvalue weighted by molar-refractivity contribution is 7.92. The second-order valence-corrected chi connectivity index (χ2v) is 11.3. The van der Waals surface area contributed by atoms with Crippen LogP contribution >= 0.6 is 11.3 Å². The third-order valence-corrected chi connectivity index (χ3v) is 7.81. The lowest BCUT2D eigenvalue weighted by atomic mass is 10.1. The van der Waals surface area contributed by atoms with Gasteiger partial charge >= 0.3 is 5.97 Å². The van der Waals surface area contributed by atoms with E-state index in [2.05, 4.69) is 25.7 Å². The van der Waals surface area contributed by atoms with Gasteiger partial charge in [0.15, 0.2) is 5.96 Å². The molecule has 0 aliphatic heterocycles. The Kier molecular flexibility index (Phi) is 10.8. The highest BCUT2D eigenvalue weighted by Gasteiger charge is 2.25. The van der Waals surface area contributed by atoms with Crippen molar-refractivity contribution in [1.29, 1.82) is 5.26 Å². The van der Waals surface area contributed by atoms with Gasteiger partial charge in [0, 0.05) is 17.9 Å². The van der Waals surface area contributed by atoms with Crippen molar-refractivity contribution in [2.45, 2.75) is 23.8 Å². The van der Waals surface area contributed by atoms with Gasteiger partial charge < -0.3 is 32.5 Å². The topological polar surface area (TPSA) is 242 Å². The number of carboxylic acid groups (broad SMARTS) is 1. The van der Waals surface area contributed by atoms with Crippen LogP contribution in [0.15, 0.2) is 69.9 Å². The number of aliphatic imine (C=N–C) groups is 1. The number of nitrogens with zero attached hydrogens (tertiary/aromatic N) is 2. The Bertz CT molecular complexity index is 1630. The lowest BCUT2D eigenvalue weighted by Crippen LogP contribution is -2.40. The first-order valence-corrected chi connectivity index (χ1v) is 14.7. The zero-order valence-corrected chi connectivity index (χ0v) is 23.7. The van der Waals surface area contributed by atoms with Crippen LogP contribution in [0.1, 0.15) is 28.1 Å². The number of aliphatic carboxylic acids is 1. The number of benzene rings is 2. The number of carbonyl (C=O) groups is 3. The van der Waals surface area contributed by atoms with E-state index < -0.39 is 33.8 Å². The average Bonchev–Trinajstić information content (AvgIpc) is 3.41. The molecule has 42 heavy (non-hydrogen) atoms. The van der Waals surface area contributed by atoms with E-state index in [0.717, 1.165) is 11.3 Å². The van der Waals surface area contributed by atoms with E-state index in [0.29, 0.717) is 23.4 Å². The molecule has 1 heterocycles. The summed E-state index contributed by atoms with van der Waals surface area (Å²) in [4.78, 5) is 40.4. The summed E-state index contributed by atoms with van der Waals surface area (Å²) in [6, 6.07) is 14.2. The minimum atomic E-state index is -4.18. The molecule has 0 saturated carbocycles. The SMILES string of the molecule is N#Cc1cccc(NC(=O)CNc2cccc(S(=O)(=O)Nc3ccsc3C(=O)N[C@@H](CCCN=C(N)N)C(=O)O)c2)c1. The predicted octanol–water partition coefficient (Wildman–Crippen LogP) is 1.71. The van der Waals surface area contributed by atoms with Gasteiger partial charge in [-0.3, -0.25) is 19.3 Å². The molecular weight excluding hydrogens is 584 g/mol. The molecule has 0 aliphatic carbocycles. The Hall–Kier alpha value is -5.14. The number of carboxylic acids is 1. The average molecular weight is 613 g/mol. The van der Waals surface area contributed by atoms with Crippen molar-refractivity contribution in [3.05, 3.63) is 70.4 Å². The molecule has 0 bridgehead atoms. The maximum Gasteiger partial charge on any atom is 0.326 e. The predicted molar refractivity (Wildman–Crippen MR) is 159 cm³/mol. The Morgan fingerprint density at radius 3 is 2.52 bits per heavy atom. The van der Waals surface area contributed by atoms with E-state index in [1.165, 1.54) is 35.7 Å². The van der Waals surface area contributed by atoms with E-state index in [4.69, 9.17) is 16.7 Å². The summed E-state index contributed by atoms with van der Waals surface area (Å²) in [6.07, 6.45) is 0.341. The summed E-state index contributed by atoms with van der Waals surface area (Å²) in [5, 5.41) is 27.8. The molecule has 2 amide bonds. The number of hydrogen-bond acceptors (Lipinski definition) is 9. The van der Waals surface area contributed by atoms with Crippen LogP contribution in [0.3, 0.4) is 0 Å². The summed E-state index contributed by atoms with van der Waals surface area (Å²) in [5.74, 6) is -2.58. The molecule has 0 aliphatic rings. The molecule has 16 heteroatoms. The second kappa shape index (κ2) is 14.5. The molecule has 220 valence electrons. The van der Waals surface area contributed by atoms with Crippen molar-refractivity contribution in [2.75, 3.05) is 28.4 Å². The van der Waals surface area contributed by atoms with Crippen LogP contribution in [-0.2, 0) is 19.6 Å². The van der Waals surface area contributed by atoms with Gasteiger partial charge in [0.25, 0.3) is 15.9 Å². The zero-order chi connectivity index (χ0) is 30.7. The normalized spacial score (nSPS) is 11.4. The summed E-state index contributed by atoms with van der Waals surface area (Å²) >= 11 is 0.935. The van der Waals surface area contributed by atoms with Gasteiger partial charge in [0.05, 0.1) is 28.8 Å². The van der Waals surface area contributed by atoms with Gasteiger partial charge in [0.2, 0.25) is 5.91 Å². The molecule has 0 fully saturated rings. The number of thiophene rings is 1. The fraction of sp³-hybridized carbons (Fsp3) is 0.192. The third kappa shape index (κ3) is 9.21. The summed E-state index contributed by atoms with van der Waals surface area (Å²) in [6.45, 7) is 0.0000979. The number of hydrogen-bond donors (Lipinski definition) is 7. The molecule has 3 rings (SSSR count). The maximum atomic E-state index is 13.1. The van der Waals surface area contributed by atoms with Crippen LogP contribution in [0.2, 0.25) is 0 Å². The number of carbonyl (C=O) groups excluding carboxylic acids is 2. The monoisotopic (exact) mass is 612 g/mol. The summed E-state index contributed by atoms with van der Waals surface area (Å²) in [5.41, 5.74) is 11.6. The molecule has 3 aromatic rings. The Morgan fingerprint density at radius 2 is 1.81 bits per heavy atom. The van der Waals surface area contributed by atoms with E-state index in [1.807, 2.05) is 6.07 Å². The lowest BCUT2D eigenvalue weighted by Gasteiger charge is -2.15. The molecule has 9 N–H and O–H groups in total. The van der Waals surface area contributed by atoms with Gasteiger partial charge in [0.1, 0.15) is 10.9 Å². The van der Waals surface area contributed by atoms with Crippen LogP contribution in [0.4, 0.5) is 17.1 Å². The van der Waals surface area contributed by atoms with E-state index in [-0.39, 0.29) is 40.9 Å². The molecular formula is C26H28N8O6S2. The van der Waals surface area contributed by atoms with Crippen molar-refractivity contribution in [1.82, 2.24) is 5.32 Å². The van der Waals surface area contributed by atoms with Crippen LogP contribution in [0, 0.1) is 11.3 Å². The molecule has 2 aromatic carbocycles. The number of guanidine groups is 1. The third-order valence-electron chi connectivity index (χ3n) is 5.54. The van der Waals surface area contributed by atoms with Gasteiger partial charge in [-0.1, -0.05) is 12.1 Å². The number of nitrogens with one attached hydrogen (secondary N) is 4. The van der Waals surface area contributed by atoms with E-state index in [1.54, 1.807) is 24.3 Å². The quantitative estimate of drug-likeness (QED) is 0.0789. The van der Waals surface area contributed by atoms with Crippen LogP contribution in [0.25, 0.3) is 0 Å². The number of rotatable bonds is 14. The minimum Gasteiger partial charge on any atom is -0.480 e. The molecule has 0 unspecified atom stereocenters. The van der Waals surface area contributed by atoms with Crippen molar-refractivity contribution in [3.8, 4) is 6.07 Å². The smallest absolute Gasteiger partial charge is 0.326 e. The van der Waals surface area contributed by atoms with Crippen LogP contribution in [-0.4, -0.2) is 56.4 Å². The van der Waals surface area contributed by atoms with E-state index in [9.17, 15) is 27.9 Å². The molecule has 0 spiro atoms. The summed E-state index contributed by atoms with van der Waals surface area (Å²) < 4.78 is 28.6.